The minimum Gasteiger partial charge on any atom is -0.460 e. The van der Waals surface area contributed by atoms with Crippen LogP contribution in [0.3, 0.4) is 0 Å². The first-order valence-electron chi connectivity index (χ1n) is 10.8. The smallest absolute Gasteiger partial charge is 0.344 e. The normalized spacial score (nSPS) is 18.6. The SMILES string of the molecule is C=C(C)C(=O)OCC(=O)OC1CC(OC(=O)COC(=O)C(=C)C)CC(OC(=O)COC(=O)C(=C)C)C1. The molecule has 0 aromatic carbocycles. The van der Waals surface area contributed by atoms with Crippen LogP contribution < -0.4 is 0 Å². The molecule has 1 rings (SSSR count). The maximum Gasteiger partial charge on any atom is 0.344 e. The van der Waals surface area contributed by atoms with Gasteiger partial charge in [0.2, 0.25) is 0 Å². The average Bonchev–Trinajstić information content (AvgIpc) is 2.78. The van der Waals surface area contributed by atoms with E-state index in [4.69, 9.17) is 28.4 Å². The number of esters is 6. The Morgan fingerprint density at radius 3 is 0.944 bits per heavy atom. The van der Waals surface area contributed by atoms with Crippen LogP contribution >= 0.6 is 0 Å². The van der Waals surface area contributed by atoms with Gasteiger partial charge < -0.3 is 28.4 Å². The highest BCUT2D eigenvalue weighted by molar-refractivity contribution is 5.89. The summed E-state index contributed by atoms with van der Waals surface area (Å²) < 4.78 is 30.1. The molecular weight excluding hydrogens is 480 g/mol. The van der Waals surface area contributed by atoms with Crippen LogP contribution in [0.2, 0.25) is 0 Å². The number of hydrogen-bond acceptors (Lipinski definition) is 12. The summed E-state index contributed by atoms with van der Waals surface area (Å²) in [5.41, 5.74) is 0.289. The van der Waals surface area contributed by atoms with E-state index in [1.807, 2.05) is 0 Å². The third-order valence-electron chi connectivity index (χ3n) is 4.48. The molecular formula is C24H30O12. The quantitative estimate of drug-likeness (QED) is 0.211. The third kappa shape index (κ3) is 11.4. The van der Waals surface area contributed by atoms with E-state index in [1.54, 1.807) is 0 Å². The molecule has 1 aliphatic rings. The Balaban J connectivity index is 2.77. The highest BCUT2D eigenvalue weighted by Crippen LogP contribution is 2.27. The molecule has 0 heterocycles. The molecule has 0 amide bonds. The Labute approximate surface area is 208 Å². The maximum absolute atomic E-state index is 12.1. The standard InChI is InChI=1S/C24H30O12/c1-13(2)22(28)31-10-19(25)34-16-7-17(35-20(26)11-32-23(29)14(3)4)9-18(8-16)36-21(27)12-33-24(30)15(5)6/h16-18H,1,3,5,7-12H2,2,4,6H3. The van der Waals surface area contributed by atoms with Crippen LogP contribution in [0.1, 0.15) is 40.0 Å². The molecule has 0 aromatic heterocycles. The highest BCUT2D eigenvalue weighted by Gasteiger charge is 2.36. The van der Waals surface area contributed by atoms with Gasteiger partial charge in [-0.05, 0) is 20.8 Å². The molecule has 0 bridgehead atoms. The Bertz CT molecular complexity index is 807. The van der Waals surface area contributed by atoms with Crippen molar-refractivity contribution in [1.29, 1.82) is 0 Å². The van der Waals surface area contributed by atoms with E-state index < -0.39 is 73.9 Å². The number of carbonyl (C=O) groups excluding carboxylic acids is 6. The van der Waals surface area contributed by atoms with Gasteiger partial charge in [0.1, 0.15) is 18.3 Å². The molecule has 0 radical (unpaired) electrons. The highest BCUT2D eigenvalue weighted by atomic mass is 16.6. The van der Waals surface area contributed by atoms with Gasteiger partial charge in [-0.15, -0.1) is 0 Å². The van der Waals surface area contributed by atoms with E-state index in [0.29, 0.717) is 0 Å². The molecule has 1 saturated carbocycles. The van der Waals surface area contributed by atoms with Crippen LogP contribution in [0.5, 0.6) is 0 Å². The van der Waals surface area contributed by atoms with E-state index in [-0.39, 0.29) is 36.0 Å². The Hall–Kier alpha value is -3.96. The summed E-state index contributed by atoms with van der Waals surface area (Å²) in [7, 11) is 0. The molecule has 0 saturated heterocycles. The van der Waals surface area contributed by atoms with E-state index >= 15 is 0 Å². The van der Waals surface area contributed by atoms with Crippen LogP contribution in [0, 0.1) is 0 Å². The Morgan fingerprint density at radius 2 is 0.750 bits per heavy atom. The maximum atomic E-state index is 12.1. The third-order valence-corrected chi connectivity index (χ3v) is 4.48. The second-order valence-electron chi connectivity index (χ2n) is 8.11. The van der Waals surface area contributed by atoms with Crippen molar-refractivity contribution in [1.82, 2.24) is 0 Å². The summed E-state index contributed by atoms with van der Waals surface area (Å²) in [4.78, 5) is 70.7. The van der Waals surface area contributed by atoms with Gasteiger partial charge in [0.25, 0.3) is 0 Å². The van der Waals surface area contributed by atoms with Crippen molar-refractivity contribution in [3.63, 3.8) is 0 Å². The van der Waals surface area contributed by atoms with Gasteiger partial charge >= 0.3 is 35.8 Å². The van der Waals surface area contributed by atoms with Crippen LogP contribution in [-0.2, 0) is 57.2 Å². The van der Waals surface area contributed by atoms with Crippen LogP contribution in [0.15, 0.2) is 36.5 Å². The first-order valence-corrected chi connectivity index (χ1v) is 10.8. The minimum absolute atomic E-state index is 0.0407. The van der Waals surface area contributed by atoms with Gasteiger partial charge in [-0.25, -0.2) is 28.8 Å². The zero-order valence-electron chi connectivity index (χ0n) is 20.5. The van der Waals surface area contributed by atoms with E-state index in [2.05, 4.69) is 19.7 Å². The lowest BCUT2D eigenvalue weighted by molar-refractivity contribution is -0.178. The zero-order valence-corrected chi connectivity index (χ0v) is 20.5. The van der Waals surface area contributed by atoms with E-state index in [9.17, 15) is 28.8 Å². The molecule has 0 spiro atoms. The first kappa shape index (κ1) is 30.1. The van der Waals surface area contributed by atoms with Gasteiger partial charge in [0.05, 0.1) is 0 Å². The zero-order chi connectivity index (χ0) is 27.4. The molecule has 12 heteroatoms. The number of hydrogen-bond donors (Lipinski definition) is 0. The fraction of sp³-hybridized carbons (Fsp3) is 0.500. The summed E-state index contributed by atoms with van der Waals surface area (Å²) in [6.07, 6.45) is -2.50. The topological polar surface area (TPSA) is 158 Å². The number of carbonyl (C=O) groups is 6. The molecule has 0 atom stereocenters. The molecule has 198 valence electrons. The molecule has 36 heavy (non-hydrogen) atoms. The second kappa shape index (κ2) is 14.4. The van der Waals surface area contributed by atoms with Crippen LogP contribution in [0.4, 0.5) is 0 Å². The van der Waals surface area contributed by atoms with Gasteiger partial charge in [0, 0.05) is 36.0 Å². The Morgan fingerprint density at radius 1 is 0.528 bits per heavy atom. The van der Waals surface area contributed by atoms with Gasteiger partial charge in [-0.3, -0.25) is 0 Å². The summed E-state index contributed by atoms with van der Waals surface area (Å²) in [6.45, 7) is 12.4. The Kier molecular flexibility index (Phi) is 12.1. The van der Waals surface area contributed by atoms with Crippen molar-refractivity contribution in [3.05, 3.63) is 36.5 Å². The molecule has 12 nitrogen and oxygen atoms in total. The number of rotatable bonds is 12. The van der Waals surface area contributed by atoms with Crippen molar-refractivity contribution < 1.29 is 57.2 Å². The lowest BCUT2D eigenvalue weighted by Crippen LogP contribution is -2.41. The molecule has 0 aliphatic heterocycles. The summed E-state index contributed by atoms with van der Waals surface area (Å²) in [5.74, 6) is -4.96. The van der Waals surface area contributed by atoms with Crippen molar-refractivity contribution in [3.8, 4) is 0 Å². The molecule has 1 aliphatic carbocycles. The van der Waals surface area contributed by atoms with Crippen molar-refractivity contribution in [2.45, 2.75) is 58.3 Å². The van der Waals surface area contributed by atoms with Crippen molar-refractivity contribution in [2.24, 2.45) is 0 Å². The lowest BCUT2D eigenvalue weighted by Gasteiger charge is -2.33. The molecule has 1 fully saturated rings. The van der Waals surface area contributed by atoms with Gasteiger partial charge in [0.15, 0.2) is 19.8 Å². The van der Waals surface area contributed by atoms with Crippen LogP contribution in [-0.4, -0.2) is 73.9 Å². The van der Waals surface area contributed by atoms with Crippen molar-refractivity contribution in [2.75, 3.05) is 19.8 Å². The van der Waals surface area contributed by atoms with Crippen LogP contribution in [0.25, 0.3) is 0 Å². The lowest BCUT2D eigenvalue weighted by atomic mass is 9.92. The van der Waals surface area contributed by atoms with Gasteiger partial charge in [-0.2, -0.15) is 0 Å². The summed E-state index contributed by atoms with van der Waals surface area (Å²) >= 11 is 0. The van der Waals surface area contributed by atoms with Crippen molar-refractivity contribution >= 4 is 35.8 Å². The van der Waals surface area contributed by atoms with E-state index in [1.165, 1.54) is 20.8 Å². The fourth-order valence-corrected chi connectivity index (χ4v) is 2.86. The monoisotopic (exact) mass is 510 g/mol. The predicted molar refractivity (Wildman–Crippen MR) is 121 cm³/mol. The van der Waals surface area contributed by atoms with Gasteiger partial charge in [-0.1, -0.05) is 19.7 Å². The molecule has 0 N–H and O–H groups in total. The summed E-state index contributed by atoms with van der Waals surface area (Å²) in [5, 5.41) is 0. The van der Waals surface area contributed by atoms with E-state index in [0.717, 1.165) is 0 Å². The minimum atomic E-state index is -0.877. The largest absolute Gasteiger partial charge is 0.460 e. The average molecular weight is 510 g/mol. The number of ether oxygens (including phenoxy) is 6. The molecule has 0 aromatic rings. The molecule has 0 unspecified atom stereocenters. The fourth-order valence-electron chi connectivity index (χ4n) is 2.86. The summed E-state index contributed by atoms with van der Waals surface area (Å²) in [6, 6.07) is 0. The first-order chi connectivity index (χ1) is 16.8. The second-order valence-corrected chi connectivity index (χ2v) is 8.11. The predicted octanol–water partition coefficient (Wildman–Crippen LogP) is 1.26.